The van der Waals surface area contributed by atoms with Crippen molar-refractivity contribution in [3.05, 3.63) is 35.4 Å². The number of nitrogens with zero attached hydrogens (tertiary/aromatic N) is 1. The second-order valence-electron chi connectivity index (χ2n) is 7.09. The summed E-state index contributed by atoms with van der Waals surface area (Å²) in [4.78, 5) is 0. The van der Waals surface area contributed by atoms with Crippen LogP contribution in [0, 0.1) is 23.7 Å². The Morgan fingerprint density at radius 3 is 1.95 bits per heavy atom. The van der Waals surface area contributed by atoms with Crippen LogP contribution in [0.15, 0.2) is 29.4 Å². The van der Waals surface area contributed by atoms with E-state index >= 15 is 0 Å². The molecular formula is C17H23N3. The van der Waals surface area contributed by atoms with E-state index in [1.54, 1.807) is 0 Å². The van der Waals surface area contributed by atoms with Gasteiger partial charge in [0.2, 0.25) is 0 Å². The number of hydrazone groups is 1. The van der Waals surface area contributed by atoms with Crippen LogP contribution in [0.2, 0.25) is 0 Å². The van der Waals surface area contributed by atoms with Crippen LogP contribution in [0.1, 0.15) is 49.1 Å². The summed E-state index contributed by atoms with van der Waals surface area (Å²) in [7, 11) is 0. The Morgan fingerprint density at radius 1 is 0.900 bits per heavy atom. The molecule has 4 aliphatic rings. The van der Waals surface area contributed by atoms with Crippen molar-refractivity contribution in [2.24, 2.45) is 40.3 Å². The van der Waals surface area contributed by atoms with Gasteiger partial charge in [-0.1, -0.05) is 24.3 Å². The van der Waals surface area contributed by atoms with Crippen molar-refractivity contribution >= 4 is 5.84 Å². The van der Waals surface area contributed by atoms with Crippen molar-refractivity contribution in [2.45, 2.75) is 38.0 Å². The lowest BCUT2D eigenvalue weighted by atomic mass is 9.51. The van der Waals surface area contributed by atoms with Crippen LogP contribution in [0.3, 0.4) is 0 Å². The number of rotatable bonds is 2. The predicted octanol–water partition coefficient (Wildman–Crippen LogP) is 2.81. The minimum Gasteiger partial charge on any atom is -0.382 e. The summed E-state index contributed by atoms with van der Waals surface area (Å²) >= 11 is 0. The fraction of sp³-hybridized carbons (Fsp3) is 0.588. The second-order valence-corrected chi connectivity index (χ2v) is 7.09. The molecule has 1 aromatic rings. The highest BCUT2D eigenvalue weighted by Gasteiger charge is 2.48. The van der Waals surface area contributed by atoms with Gasteiger partial charge < -0.3 is 11.6 Å². The van der Waals surface area contributed by atoms with E-state index in [2.05, 4.69) is 29.4 Å². The van der Waals surface area contributed by atoms with Crippen molar-refractivity contribution in [1.82, 2.24) is 0 Å². The lowest BCUT2D eigenvalue weighted by molar-refractivity contribution is -0.00277. The molecule has 3 nitrogen and oxygen atoms in total. The van der Waals surface area contributed by atoms with Crippen LogP contribution in [-0.4, -0.2) is 5.84 Å². The number of amidine groups is 1. The second kappa shape index (κ2) is 4.51. The van der Waals surface area contributed by atoms with Crippen molar-refractivity contribution in [1.29, 1.82) is 0 Å². The van der Waals surface area contributed by atoms with Crippen molar-refractivity contribution in [3.8, 4) is 0 Å². The van der Waals surface area contributed by atoms with Crippen molar-refractivity contribution < 1.29 is 0 Å². The molecule has 0 radical (unpaired) electrons. The van der Waals surface area contributed by atoms with E-state index in [0.29, 0.717) is 5.84 Å². The molecule has 4 aliphatic carbocycles. The third-order valence-corrected chi connectivity index (χ3v) is 5.96. The lowest BCUT2D eigenvalue weighted by Crippen LogP contribution is -2.43. The summed E-state index contributed by atoms with van der Waals surface area (Å²) in [6.45, 7) is 0. The summed E-state index contributed by atoms with van der Waals surface area (Å²) in [5.41, 5.74) is 8.20. The van der Waals surface area contributed by atoms with E-state index in [0.717, 1.165) is 35.2 Å². The molecule has 4 fully saturated rings. The van der Waals surface area contributed by atoms with Gasteiger partial charge in [-0.2, -0.15) is 5.10 Å². The average Bonchev–Trinajstić information content (AvgIpc) is 2.46. The van der Waals surface area contributed by atoms with E-state index in [4.69, 9.17) is 11.6 Å². The minimum absolute atomic E-state index is 0.418. The van der Waals surface area contributed by atoms with Crippen LogP contribution in [0.4, 0.5) is 0 Å². The Kier molecular flexibility index (Phi) is 2.76. The molecule has 3 heteroatoms. The van der Waals surface area contributed by atoms with Crippen molar-refractivity contribution in [2.75, 3.05) is 0 Å². The van der Waals surface area contributed by atoms with Gasteiger partial charge in [0.1, 0.15) is 5.84 Å². The summed E-state index contributed by atoms with van der Waals surface area (Å²) in [6.07, 6.45) is 7.37. The highest BCUT2D eigenvalue weighted by molar-refractivity contribution is 5.97. The Hall–Kier alpha value is -1.51. The fourth-order valence-electron chi connectivity index (χ4n) is 5.42. The molecule has 0 heterocycles. The Bertz CT molecular complexity index is 504. The maximum absolute atomic E-state index is 5.76. The van der Waals surface area contributed by atoms with E-state index in [9.17, 15) is 0 Å². The molecular weight excluding hydrogens is 246 g/mol. The molecule has 106 valence electrons. The Labute approximate surface area is 120 Å². The summed E-state index contributed by atoms with van der Waals surface area (Å²) < 4.78 is 0. The van der Waals surface area contributed by atoms with Gasteiger partial charge in [-0.25, -0.2) is 0 Å². The molecule has 0 unspecified atom stereocenters. The smallest absolute Gasteiger partial charge is 0.150 e. The standard InChI is InChI=1S/C17H23N3/c18-17(20-19)13-3-1-12(2-4-13)16-14-6-10-5-11(8-14)9-15(16)7-10/h1-4,10-11,14-16H,5-9,19H2,(H2,18,20). The first kappa shape index (κ1) is 12.2. The van der Waals surface area contributed by atoms with E-state index in [1.807, 2.05) is 0 Å². The highest BCUT2D eigenvalue weighted by atomic mass is 15.1. The number of hydrogen-bond donors (Lipinski definition) is 2. The van der Waals surface area contributed by atoms with Gasteiger partial charge in [0.15, 0.2) is 0 Å². The number of nitrogens with two attached hydrogens (primary N) is 2. The van der Waals surface area contributed by atoms with Crippen LogP contribution in [-0.2, 0) is 0 Å². The zero-order valence-electron chi connectivity index (χ0n) is 11.8. The Balaban J connectivity index is 1.61. The van der Waals surface area contributed by atoms with Crippen molar-refractivity contribution in [3.63, 3.8) is 0 Å². The zero-order valence-corrected chi connectivity index (χ0v) is 11.8. The molecule has 0 aromatic heterocycles. The highest BCUT2D eigenvalue weighted by Crippen LogP contribution is 2.59. The van der Waals surface area contributed by atoms with Gasteiger partial charge in [0.05, 0.1) is 0 Å². The maximum Gasteiger partial charge on any atom is 0.150 e. The van der Waals surface area contributed by atoms with Gasteiger partial charge in [-0.3, -0.25) is 0 Å². The number of hydrogen-bond acceptors (Lipinski definition) is 2. The number of benzene rings is 1. The molecule has 0 spiro atoms. The average molecular weight is 269 g/mol. The minimum atomic E-state index is 0.418. The van der Waals surface area contributed by atoms with Crippen LogP contribution >= 0.6 is 0 Å². The van der Waals surface area contributed by atoms with Gasteiger partial charge in [-0.15, -0.1) is 0 Å². The largest absolute Gasteiger partial charge is 0.382 e. The monoisotopic (exact) mass is 269 g/mol. The summed E-state index contributed by atoms with van der Waals surface area (Å²) in [6, 6.07) is 8.65. The summed E-state index contributed by atoms with van der Waals surface area (Å²) in [5, 5.41) is 3.57. The topological polar surface area (TPSA) is 64.4 Å². The normalized spacial score (nSPS) is 39.2. The lowest BCUT2D eigenvalue weighted by Gasteiger charge is -2.54. The van der Waals surface area contributed by atoms with Gasteiger partial charge >= 0.3 is 0 Å². The molecule has 0 amide bonds. The summed E-state index contributed by atoms with van der Waals surface area (Å²) in [5.74, 6) is 10.4. The van der Waals surface area contributed by atoms with Gasteiger partial charge in [-0.05, 0) is 67.3 Å². The molecule has 20 heavy (non-hydrogen) atoms. The van der Waals surface area contributed by atoms with E-state index in [1.165, 1.54) is 37.7 Å². The first-order chi connectivity index (χ1) is 9.74. The third-order valence-electron chi connectivity index (χ3n) is 5.96. The molecule has 5 rings (SSSR count). The van der Waals surface area contributed by atoms with E-state index in [-0.39, 0.29) is 0 Å². The molecule has 0 aliphatic heterocycles. The first-order valence-electron chi connectivity index (χ1n) is 7.88. The quantitative estimate of drug-likeness (QED) is 0.375. The van der Waals surface area contributed by atoms with Crippen LogP contribution in [0.25, 0.3) is 0 Å². The zero-order chi connectivity index (χ0) is 13.7. The third kappa shape index (κ3) is 1.83. The maximum atomic E-state index is 5.76. The molecule has 0 atom stereocenters. The Morgan fingerprint density at radius 2 is 1.45 bits per heavy atom. The first-order valence-corrected chi connectivity index (χ1v) is 7.88. The fourth-order valence-corrected chi connectivity index (χ4v) is 5.42. The molecule has 0 saturated heterocycles. The van der Waals surface area contributed by atoms with Crippen LogP contribution in [0.5, 0.6) is 0 Å². The van der Waals surface area contributed by atoms with Gasteiger partial charge in [0, 0.05) is 5.56 Å². The SMILES string of the molecule is N/N=C(\N)c1ccc(C2C3CC4CC(C3)CC2C4)cc1. The molecule has 4 saturated carbocycles. The molecule has 1 aromatic carbocycles. The predicted molar refractivity (Wildman–Crippen MR) is 81.1 cm³/mol. The van der Waals surface area contributed by atoms with Crippen LogP contribution < -0.4 is 11.6 Å². The molecule has 4 bridgehead atoms. The van der Waals surface area contributed by atoms with Gasteiger partial charge in [0.25, 0.3) is 0 Å². The molecule has 4 N–H and O–H groups in total. The van der Waals surface area contributed by atoms with E-state index < -0.39 is 0 Å².